The number of halogens is 1. The first-order valence-corrected chi connectivity index (χ1v) is 6.73. The topological polar surface area (TPSA) is 3.24 Å². The van der Waals surface area contributed by atoms with Gasteiger partial charge in [0.15, 0.2) is 0 Å². The number of nitrogens with zero attached hydrogens (tertiary/aromatic N) is 1. The van der Waals surface area contributed by atoms with Crippen molar-refractivity contribution in [3.8, 4) is 0 Å². The van der Waals surface area contributed by atoms with Gasteiger partial charge < -0.3 is 0 Å². The fourth-order valence-corrected chi connectivity index (χ4v) is 1.88. The SMILES string of the molecule is CCCCN(CCCC)Cc1ccc(F)cc1. The molecule has 0 heterocycles. The summed E-state index contributed by atoms with van der Waals surface area (Å²) in [6.07, 6.45) is 4.94. The van der Waals surface area contributed by atoms with Crippen molar-refractivity contribution < 1.29 is 4.39 Å². The normalized spacial score (nSPS) is 11.1. The maximum absolute atomic E-state index is 12.8. The first-order chi connectivity index (χ1) is 8.26. The highest BCUT2D eigenvalue weighted by molar-refractivity contribution is 5.15. The molecule has 0 spiro atoms. The minimum atomic E-state index is -0.151. The van der Waals surface area contributed by atoms with Crippen molar-refractivity contribution >= 4 is 0 Å². The van der Waals surface area contributed by atoms with Crippen LogP contribution in [-0.2, 0) is 6.54 Å². The number of hydrogen-bond acceptors (Lipinski definition) is 1. The van der Waals surface area contributed by atoms with Gasteiger partial charge in [-0.1, -0.05) is 38.8 Å². The second kappa shape index (κ2) is 8.24. The summed E-state index contributed by atoms with van der Waals surface area (Å²) in [6.45, 7) is 7.67. The number of benzene rings is 1. The Morgan fingerprint density at radius 1 is 0.941 bits per heavy atom. The summed E-state index contributed by atoms with van der Waals surface area (Å²) in [5.74, 6) is -0.151. The summed E-state index contributed by atoms with van der Waals surface area (Å²) in [5, 5.41) is 0. The highest BCUT2D eigenvalue weighted by Crippen LogP contribution is 2.08. The van der Waals surface area contributed by atoms with Crippen molar-refractivity contribution in [2.75, 3.05) is 13.1 Å². The van der Waals surface area contributed by atoms with Gasteiger partial charge in [0.05, 0.1) is 0 Å². The van der Waals surface area contributed by atoms with Crippen LogP contribution in [0.5, 0.6) is 0 Å². The summed E-state index contributed by atoms with van der Waals surface area (Å²) < 4.78 is 12.8. The average Bonchev–Trinajstić information content (AvgIpc) is 2.35. The van der Waals surface area contributed by atoms with Crippen LogP contribution in [0, 0.1) is 5.82 Å². The molecule has 1 nitrogen and oxygen atoms in total. The highest BCUT2D eigenvalue weighted by atomic mass is 19.1. The molecule has 1 aromatic rings. The van der Waals surface area contributed by atoms with E-state index in [1.165, 1.54) is 31.2 Å². The summed E-state index contributed by atoms with van der Waals surface area (Å²) >= 11 is 0. The Morgan fingerprint density at radius 3 is 1.94 bits per heavy atom. The Balaban J connectivity index is 2.48. The van der Waals surface area contributed by atoms with Crippen molar-refractivity contribution in [3.05, 3.63) is 35.6 Å². The van der Waals surface area contributed by atoms with Crippen LogP contribution in [-0.4, -0.2) is 18.0 Å². The molecule has 0 unspecified atom stereocenters. The van der Waals surface area contributed by atoms with E-state index < -0.39 is 0 Å². The molecule has 0 aromatic heterocycles. The first kappa shape index (κ1) is 14.2. The molecule has 0 amide bonds. The van der Waals surface area contributed by atoms with Crippen molar-refractivity contribution in [2.24, 2.45) is 0 Å². The summed E-state index contributed by atoms with van der Waals surface area (Å²) in [5.41, 5.74) is 1.21. The number of unbranched alkanes of at least 4 members (excludes halogenated alkanes) is 2. The largest absolute Gasteiger partial charge is 0.299 e. The van der Waals surface area contributed by atoms with Gasteiger partial charge in [0.2, 0.25) is 0 Å². The number of rotatable bonds is 8. The Bertz CT molecular complexity index is 286. The molecule has 0 N–H and O–H groups in total. The molecule has 0 fully saturated rings. The molecule has 2 heteroatoms. The van der Waals surface area contributed by atoms with Crippen LogP contribution in [0.25, 0.3) is 0 Å². The third kappa shape index (κ3) is 5.83. The van der Waals surface area contributed by atoms with Crippen molar-refractivity contribution in [3.63, 3.8) is 0 Å². The molecule has 17 heavy (non-hydrogen) atoms. The van der Waals surface area contributed by atoms with E-state index in [9.17, 15) is 4.39 Å². The molecule has 0 aliphatic heterocycles. The molecule has 0 aliphatic carbocycles. The molecule has 96 valence electrons. The molecule has 0 atom stereocenters. The van der Waals surface area contributed by atoms with E-state index in [1.807, 2.05) is 12.1 Å². The van der Waals surface area contributed by atoms with Crippen molar-refractivity contribution in [2.45, 2.75) is 46.1 Å². The van der Waals surface area contributed by atoms with Crippen LogP contribution in [0.2, 0.25) is 0 Å². The Kier molecular flexibility index (Phi) is 6.87. The van der Waals surface area contributed by atoms with E-state index in [4.69, 9.17) is 0 Å². The third-order valence-corrected chi connectivity index (χ3v) is 2.98. The molecule has 0 saturated heterocycles. The van der Waals surface area contributed by atoms with Crippen LogP contribution in [0.15, 0.2) is 24.3 Å². The molecular weight excluding hydrogens is 213 g/mol. The van der Waals surface area contributed by atoms with Gasteiger partial charge in [-0.2, -0.15) is 0 Å². The maximum atomic E-state index is 12.8. The second-order valence-electron chi connectivity index (χ2n) is 4.61. The lowest BCUT2D eigenvalue weighted by atomic mass is 10.2. The molecule has 0 radical (unpaired) electrons. The second-order valence-corrected chi connectivity index (χ2v) is 4.61. The fraction of sp³-hybridized carbons (Fsp3) is 0.600. The van der Waals surface area contributed by atoms with Gasteiger partial charge in [0, 0.05) is 6.54 Å². The molecule has 0 bridgehead atoms. The lowest BCUT2D eigenvalue weighted by Gasteiger charge is -2.22. The quantitative estimate of drug-likeness (QED) is 0.654. The van der Waals surface area contributed by atoms with Crippen molar-refractivity contribution in [1.29, 1.82) is 0 Å². The first-order valence-electron chi connectivity index (χ1n) is 6.73. The molecule has 0 saturated carbocycles. The third-order valence-electron chi connectivity index (χ3n) is 2.98. The van der Waals surface area contributed by atoms with Crippen LogP contribution < -0.4 is 0 Å². The van der Waals surface area contributed by atoms with E-state index in [-0.39, 0.29) is 5.82 Å². The fourth-order valence-electron chi connectivity index (χ4n) is 1.88. The predicted molar refractivity (Wildman–Crippen MR) is 71.5 cm³/mol. The summed E-state index contributed by atoms with van der Waals surface area (Å²) in [4.78, 5) is 2.47. The summed E-state index contributed by atoms with van der Waals surface area (Å²) in [7, 11) is 0. The van der Waals surface area contributed by atoms with Crippen molar-refractivity contribution in [1.82, 2.24) is 4.90 Å². The lowest BCUT2D eigenvalue weighted by Crippen LogP contribution is -2.25. The van der Waals surface area contributed by atoms with Gasteiger partial charge in [-0.3, -0.25) is 4.90 Å². The lowest BCUT2D eigenvalue weighted by molar-refractivity contribution is 0.257. The zero-order valence-electron chi connectivity index (χ0n) is 11.1. The Labute approximate surface area is 105 Å². The van der Waals surface area contributed by atoms with E-state index in [2.05, 4.69) is 18.7 Å². The van der Waals surface area contributed by atoms with Gasteiger partial charge in [-0.25, -0.2) is 4.39 Å². The average molecular weight is 237 g/mol. The molecule has 1 aromatic carbocycles. The van der Waals surface area contributed by atoms with Crippen LogP contribution in [0.4, 0.5) is 4.39 Å². The maximum Gasteiger partial charge on any atom is 0.123 e. The zero-order valence-corrected chi connectivity index (χ0v) is 11.1. The van der Waals surface area contributed by atoms with Gasteiger partial charge in [-0.05, 0) is 43.6 Å². The van der Waals surface area contributed by atoms with E-state index in [0.29, 0.717) is 0 Å². The van der Waals surface area contributed by atoms with Gasteiger partial charge >= 0.3 is 0 Å². The highest BCUT2D eigenvalue weighted by Gasteiger charge is 2.05. The van der Waals surface area contributed by atoms with Crippen LogP contribution in [0.1, 0.15) is 45.1 Å². The van der Waals surface area contributed by atoms with E-state index in [1.54, 1.807) is 12.1 Å². The predicted octanol–water partition coefficient (Wildman–Crippen LogP) is 4.23. The van der Waals surface area contributed by atoms with Crippen LogP contribution >= 0.6 is 0 Å². The summed E-state index contributed by atoms with van der Waals surface area (Å²) in [6, 6.07) is 6.88. The van der Waals surface area contributed by atoms with E-state index in [0.717, 1.165) is 19.6 Å². The standard InChI is InChI=1S/C15H24FN/c1-3-5-11-17(12-6-4-2)13-14-7-9-15(16)10-8-14/h7-10H,3-6,11-13H2,1-2H3. The van der Waals surface area contributed by atoms with Gasteiger partial charge in [0.25, 0.3) is 0 Å². The molecular formula is C15H24FN. The van der Waals surface area contributed by atoms with Crippen LogP contribution in [0.3, 0.4) is 0 Å². The van der Waals surface area contributed by atoms with Gasteiger partial charge in [-0.15, -0.1) is 0 Å². The Morgan fingerprint density at radius 2 is 1.47 bits per heavy atom. The van der Waals surface area contributed by atoms with Gasteiger partial charge in [0.1, 0.15) is 5.82 Å². The minimum absolute atomic E-state index is 0.151. The van der Waals surface area contributed by atoms with E-state index >= 15 is 0 Å². The smallest absolute Gasteiger partial charge is 0.123 e. The Hall–Kier alpha value is -0.890. The minimum Gasteiger partial charge on any atom is -0.299 e. The molecule has 0 aliphatic rings. The monoisotopic (exact) mass is 237 g/mol. The molecule has 1 rings (SSSR count). The number of hydrogen-bond donors (Lipinski definition) is 0. The zero-order chi connectivity index (χ0) is 12.5.